The van der Waals surface area contributed by atoms with E-state index < -0.39 is 11.6 Å². The first-order valence-corrected chi connectivity index (χ1v) is 7.61. The van der Waals surface area contributed by atoms with Crippen molar-refractivity contribution in [1.82, 2.24) is 0 Å². The predicted octanol–water partition coefficient (Wildman–Crippen LogP) is 5.14. The van der Waals surface area contributed by atoms with Crippen LogP contribution >= 0.6 is 0 Å². The maximum atomic E-state index is 13.6. The van der Waals surface area contributed by atoms with E-state index in [4.69, 9.17) is 0 Å². The van der Waals surface area contributed by atoms with Crippen LogP contribution in [0.25, 0.3) is 0 Å². The van der Waals surface area contributed by atoms with Gasteiger partial charge < -0.3 is 0 Å². The van der Waals surface area contributed by atoms with Crippen molar-refractivity contribution in [3.05, 3.63) is 35.4 Å². The molecule has 0 unspecified atom stereocenters. The standard InChI is InChI=1S/C17H22F2O/c1-2-3-4-12-5-7-13(8-6-12)17(20)15-10-9-14(18)11-16(15)19/h9-13H,2-8H2,1H3. The Labute approximate surface area is 119 Å². The van der Waals surface area contributed by atoms with Crippen molar-refractivity contribution in [2.75, 3.05) is 0 Å². The fourth-order valence-electron chi connectivity index (χ4n) is 3.12. The van der Waals surface area contributed by atoms with Gasteiger partial charge in [0.1, 0.15) is 11.6 Å². The van der Waals surface area contributed by atoms with E-state index in [0.29, 0.717) is 0 Å². The zero-order valence-corrected chi connectivity index (χ0v) is 12.0. The zero-order chi connectivity index (χ0) is 14.5. The minimum Gasteiger partial charge on any atom is -0.294 e. The van der Waals surface area contributed by atoms with E-state index in [2.05, 4.69) is 6.92 Å². The largest absolute Gasteiger partial charge is 0.294 e. The van der Waals surface area contributed by atoms with E-state index >= 15 is 0 Å². The number of unbranched alkanes of at least 4 members (excludes halogenated alkanes) is 1. The molecule has 0 bridgehead atoms. The third kappa shape index (κ3) is 3.65. The predicted molar refractivity (Wildman–Crippen MR) is 75.7 cm³/mol. The Bertz CT molecular complexity index is 462. The molecule has 1 fully saturated rings. The molecular formula is C17H22F2O. The highest BCUT2D eigenvalue weighted by Gasteiger charge is 2.28. The lowest BCUT2D eigenvalue weighted by atomic mass is 9.77. The van der Waals surface area contributed by atoms with Crippen LogP contribution < -0.4 is 0 Å². The SMILES string of the molecule is CCCCC1CCC(C(=O)c2ccc(F)cc2F)CC1. The molecule has 1 aromatic carbocycles. The van der Waals surface area contributed by atoms with E-state index in [1.54, 1.807) is 0 Å². The summed E-state index contributed by atoms with van der Waals surface area (Å²) < 4.78 is 26.5. The number of Topliss-reactive ketones (excluding diaryl/α,β-unsaturated/α-hetero) is 1. The van der Waals surface area contributed by atoms with Gasteiger partial charge in [0.15, 0.2) is 5.78 Å². The van der Waals surface area contributed by atoms with Crippen LogP contribution in [0.1, 0.15) is 62.2 Å². The molecule has 0 heterocycles. The lowest BCUT2D eigenvalue weighted by Crippen LogP contribution is -2.22. The summed E-state index contributed by atoms with van der Waals surface area (Å²) >= 11 is 0. The van der Waals surface area contributed by atoms with Crippen molar-refractivity contribution >= 4 is 5.78 Å². The lowest BCUT2D eigenvalue weighted by Gasteiger charge is -2.27. The molecule has 1 saturated carbocycles. The Morgan fingerprint density at radius 2 is 1.90 bits per heavy atom. The molecule has 110 valence electrons. The van der Waals surface area contributed by atoms with Crippen LogP contribution in [0.3, 0.4) is 0 Å². The van der Waals surface area contributed by atoms with Crippen molar-refractivity contribution in [2.24, 2.45) is 11.8 Å². The van der Waals surface area contributed by atoms with Crippen molar-refractivity contribution in [1.29, 1.82) is 0 Å². The average molecular weight is 280 g/mol. The topological polar surface area (TPSA) is 17.1 Å². The van der Waals surface area contributed by atoms with Gasteiger partial charge in [0.05, 0.1) is 5.56 Å². The highest BCUT2D eigenvalue weighted by atomic mass is 19.1. The van der Waals surface area contributed by atoms with Gasteiger partial charge >= 0.3 is 0 Å². The molecule has 3 heteroatoms. The highest BCUT2D eigenvalue weighted by molar-refractivity contribution is 5.98. The fourth-order valence-corrected chi connectivity index (χ4v) is 3.12. The highest BCUT2D eigenvalue weighted by Crippen LogP contribution is 2.34. The van der Waals surface area contributed by atoms with Crippen LogP contribution in [0.15, 0.2) is 18.2 Å². The summed E-state index contributed by atoms with van der Waals surface area (Å²) in [5.41, 5.74) is 0.0448. The van der Waals surface area contributed by atoms with E-state index in [-0.39, 0.29) is 17.3 Å². The van der Waals surface area contributed by atoms with Crippen LogP contribution in [0.5, 0.6) is 0 Å². The number of hydrogen-bond donors (Lipinski definition) is 0. The van der Waals surface area contributed by atoms with Crippen molar-refractivity contribution in [3.63, 3.8) is 0 Å². The number of rotatable bonds is 5. The molecule has 0 aromatic heterocycles. The summed E-state index contributed by atoms with van der Waals surface area (Å²) in [5, 5.41) is 0. The number of hydrogen-bond acceptors (Lipinski definition) is 1. The van der Waals surface area contributed by atoms with Crippen LogP contribution in [0.2, 0.25) is 0 Å². The van der Waals surface area contributed by atoms with Gasteiger partial charge in [-0.25, -0.2) is 8.78 Å². The van der Waals surface area contributed by atoms with Gasteiger partial charge in [-0.3, -0.25) is 4.79 Å². The van der Waals surface area contributed by atoms with Crippen molar-refractivity contribution in [3.8, 4) is 0 Å². The Morgan fingerprint density at radius 1 is 1.20 bits per heavy atom. The summed E-state index contributed by atoms with van der Waals surface area (Å²) in [6, 6.07) is 3.22. The Morgan fingerprint density at radius 3 is 2.50 bits per heavy atom. The van der Waals surface area contributed by atoms with Gasteiger partial charge in [0.25, 0.3) is 0 Å². The summed E-state index contributed by atoms with van der Waals surface area (Å²) in [6.45, 7) is 2.19. The normalized spacial score (nSPS) is 22.8. The Kier molecular flexibility index (Phi) is 5.27. The van der Waals surface area contributed by atoms with E-state index in [1.165, 1.54) is 25.3 Å². The first-order chi connectivity index (χ1) is 9.61. The summed E-state index contributed by atoms with van der Waals surface area (Å²) in [4.78, 5) is 12.3. The second-order valence-corrected chi connectivity index (χ2v) is 5.85. The molecule has 1 aliphatic rings. The van der Waals surface area contributed by atoms with Gasteiger partial charge in [0, 0.05) is 12.0 Å². The molecule has 1 aromatic rings. The summed E-state index contributed by atoms with van der Waals surface area (Å²) in [5.74, 6) is -0.897. The molecule has 1 nitrogen and oxygen atoms in total. The van der Waals surface area contributed by atoms with Gasteiger partial charge in [0.2, 0.25) is 0 Å². The van der Waals surface area contributed by atoms with Gasteiger partial charge in [-0.05, 0) is 43.7 Å². The quantitative estimate of drug-likeness (QED) is 0.682. The number of halogens is 2. The molecule has 0 aliphatic heterocycles. The first-order valence-electron chi connectivity index (χ1n) is 7.61. The minimum absolute atomic E-state index is 0.0448. The fraction of sp³-hybridized carbons (Fsp3) is 0.588. The third-order valence-corrected chi connectivity index (χ3v) is 4.38. The van der Waals surface area contributed by atoms with E-state index in [1.807, 2.05) is 0 Å². The zero-order valence-electron chi connectivity index (χ0n) is 12.0. The first kappa shape index (κ1) is 15.1. The molecule has 20 heavy (non-hydrogen) atoms. The van der Waals surface area contributed by atoms with Gasteiger partial charge in [-0.1, -0.05) is 26.2 Å². The summed E-state index contributed by atoms with van der Waals surface area (Å²) in [6.07, 6.45) is 7.48. The molecule has 0 saturated heterocycles. The number of benzene rings is 1. The number of carbonyl (C=O) groups excluding carboxylic acids is 1. The molecule has 1 aliphatic carbocycles. The van der Waals surface area contributed by atoms with Crippen molar-refractivity contribution < 1.29 is 13.6 Å². The van der Waals surface area contributed by atoms with Crippen LogP contribution in [-0.4, -0.2) is 5.78 Å². The van der Waals surface area contributed by atoms with Crippen LogP contribution in [0, 0.1) is 23.5 Å². The molecular weight excluding hydrogens is 258 g/mol. The Balaban J connectivity index is 1.94. The van der Waals surface area contributed by atoms with Gasteiger partial charge in [-0.2, -0.15) is 0 Å². The molecule has 0 radical (unpaired) electrons. The maximum absolute atomic E-state index is 13.6. The molecule has 0 N–H and O–H groups in total. The lowest BCUT2D eigenvalue weighted by molar-refractivity contribution is 0.0865. The second-order valence-electron chi connectivity index (χ2n) is 5.85. The summed E-state index contributed by atoms with van der Waals surface area (Å²) in [7, 11) is 0. The molecule has 2 rings (SSSR count). The smallest absolute Gasteiger partial charge is 0.168 e. The Hall–Kier alpha value is -1.25. The van der Waals surface area contributed by atoms with Crippen LogP contribution in [-0.2, 0) is 0 Å². The molecule has 0 amide bonds. The third-order valence-electron chi connectivity index (χ3n) is 4.38. The molecule has 0 spiro atoms. The number of ketones is 1. The molecule has 0 atom stereocenters. The second kappa shape index (κ2) is 6.96. The van der Waals surface area contributed by atoms with Gasteiger partial charge in [-0.15, -0.1) is 0 Å². The maximum Gasteiger partial charge on any atom is 0.168 e. The average Bonchev–Trinajstić information content (AvgIpc) is 2.45. The van der Waals surface area contributed by atoms with Crippen molar-refractivity contribution in [2.45, 2.75) is 51.9 Å². The monoisotopic (exact) mass is 280 g/mol. The van der Waals surface area contributed by atoms with E-state index in [9.17, 15) is 13.6 Å². The van der Waals surface area contributed by atoms with Crippen LogP contribution in [0.4, 0.5) is 8.78 Å². The minimum atomic E-state index is -0.733. The number of carbonyl (C=O) groups is 1. The van der Waals surface area contributed by atoms with E-state index in [0.717, 1.165) is 43.7 Å².